The minimum Gasteiger partial charge on any atom is -0.482 e. The van der Waals surface area contributed by atoms with E-state index >= 15 is 0 Å². The van der Waals surface area contributed by atoms with Gasteiger partial charge in [0.2, 0.25) is 5.91 Å². The Labute approximate surface area is 152 Å². The largest absolute Gasteiger partial charge is 0.482 e. The molecule has 0 fully saturated rings. The Hall–Kier alpha value is -2.67. The van der Waals surface area contributed by atoms with E-state index in [9.17, 15) is 19.5 Å². The molecule has 0 bridgehead atoms. The topological polar surface area (TPSA) is 95.9 Å². The summed E-state index contributed by atoms with van der Waals surface area (Å²) >= 11 is 0. The van der Waals surface area contributed by atoms with Crippen molar-refractivity contribution in [3.63, 3.8) is 0 Å². The van der Waals surface area contributed by atoms with Crippen LogP contribution in [0.5, 0.6) is 0 Å². The minimum atomic E-state index is -1.12. The minimum absolute atomic E-state index is 0.150. The summed E-state index contributed by atoms with van der Waals surface area (Å²) in [7, 11) is 1.59. The Balaban J connectivity index is 2.02. The van der Waals surface area contributed by atoms with Crippen molar-refractivity contribution in [1.82, 2.24) is 10.2 Å². The molecule has 1 aliphatic heterocycles. The highest BCUT2D eigenvalue weighted by Gasteiger charge is 2.33. The van der Waals surface area contributed by atoms with E-state index in [1.165, 1.54) is 4.90 Å². The van der Waals surface area contributed by atoms with E-state index in [0.29, 0.717) is 6.54 Å². The van der Waals surface area contributed by atoms with Crippen molar-refractivity contribution in [3.8, 4) is 0 Å². The maximum Gasteiger partial charge on any atom is 0.287 e. The van der Waals surface area contributed by atoms with Gasteiger partial charge in [-0.1, -0.05) is 30.3 Å². The molecule has 0 spiro atoms. The number of rotatable bonds is 6. The first kappa shape index (κ1) is 19.7. The quantitative estimate of drug-likeness (QED) is 0.781. The fourth-order valence-corrected chi connectivity index (χ4v) is 2.71. The lowest BCUT2D eigenvalue weighted by Crippen LogP contribution is -2.50. The van der Waals surface area contributed by atoms with Gasteiger partial charge in [-0.05, 0) is 19.4 Å². The molecule has 0 aromatic heterocycles. The molecule has 140 valence electrons. The van der Waals surface area contributed by atoms with Crippen LogP contribution in [0.2, 0.25) is 0 Å². The van der Waals surface area contributed by atoms with Gasteiger partial charge in [0.05, 0.1) is 6.61 Å². The van der Waals surface area contributed by atoms with Gasteiger partial charge >= 0.3 is 0 Å². The molecule has 1 aliphatic rings. The Kier molecular flexibility index (Phi) is 6.15. The summed E-state index contributed by atoms with van der Waals surface area (Å²) in [5, 5.41) is 12.0. The van der Waals surface area contributed by atoms with Crippen LogP contribution in [0, 0.1) is 0 Å². The number of carbonyl (C=O) groups is 3. The third-order valence-corrected chi connectivity index (χ3v) is 3.93. The van der Waals surface area contributed by atoms with Crippen LogP contribution < -0.4 is 5.32 Å². The van der Waals surface area contributed by atoms with E-state index in [1.54, 1.807) is 20.9 Å². The predicted molar refractivity (Wildman–Crippen MR) is 94.8 cm³/mol. The number of aliphatic hydroxyl groups is 1. The first-order chi connectivity index (χ1) is 12.2. The van der Waals surface area contributed by atoms with E-state index < -0.39 is 30.1 Å². The summed E-state index contributed by atoms with van der Waals surface area (Å²) in [5.74, 6) is -1.51. The number of carbonyl (C=O) groups excluding carboxylic acids is 3. The zero-order valence-electron chi connectivity index (χ0n) is 15.2. The van der Waals surface area contributed by atoms with E-state index in [0.717, 1.165) is 11.6 Å². The highest BCUT2D eigenvalue weighted by molar-refractivity contribution is 6.03. The number of hydrogen-bond acceptors (Lipinski definition) is 5. The van der Waals surface area contributed by atoms with Crippen LogP contribution in [0.4, 0.5) is 0 Å². The van der Waals surface area contributed by atoms with Gasteiger partial charge in [0.25, 0.3) is 5.91 Å². The molecular formula is C19H24N2O5. The molecule has 26 heavy (non-hydrogen) atoms. The molecule has 0 radical (unpaired) electrons. The van der Waals surface area contributed by atoms with E-state index in [4.69, 9.17) is 4.74 Å². The Morgan fingerprint density at radius 1 is 1.31 bits per heavy atom. The summed E-state index contributed by atoms with van der Waals surface area (Å²) in [6, 6.07) is 8.24. The first-order valence-corrected chi connectivity index (χ1v) is 8.36. The lowest BCUT2D eigenvalue weighted by molar-refractivity contribution is -0.138. The van der Waals surface area contributed by atoms with Crippen LogP contribution in [0.15, 0.2) is 42.2 Å². The molecule has 2 amide bonds. The maximum atomic E-state index is 12.5. The number of hydrogen-bond donors (Lipinski definition) is 2. The third-order valence-electron chi connectivity index (χ3n) is 3.93. The smallest absolute Gasteiger partial charge is 0.287 e. The van der Waals surface area contributed by atoms with Gasteiger partial charge in [-0.15, -0.1) is 0 Å². The molecule has 7 heteroatoms. The van der Waals surface area contributed by atoms with Crippen molar-refractivity contribution in [2.24, 2.45) is 0 Å². The zero-order chi connectivity index (χ0) is 19.3. The van der Waals surface area contributed by atoms with Crippen molar-refractivity contribution >= 4 is 17.6 Å². The lowest BCUT2D eigenvalue weighted by Gasteiger charge is -2.30. The number of allylic oxidation sites excluding steroid dienone is 1. The van der Waals surface area contributed by atoms with Crippen molar-refractivity contribution < 1.29 is 24.2 Å². The number of aliphatic hydroxyl groups excluding tert-OH is 1. The average Bonchev–Trinajstić information content (AvgIpc) is 2.58. The molecule has 1 atom stereocenters. The number of ketones is 1. The molecule has 0 saturated heterocycles. The number of likely N-dealkylation sites (N-methyl/N-ethyl adjacent to an activating group) is 1. The Bertz CT molecular complexity index is 712. The van der Waals surface area contributed by atoms with Crippen molar-refractivity contribution in [2.45, 2.75) is 38.5 Å². The monoisotopic (exact) mass is 360 g/mol. The van der Waals surface area contributed by atoms with Gasteiger partial charge < -0.3 is 20.1 Å². The van der Waals surface area contributed by atoms with Gasteiger partial charge in [0.1, 0.15) is 11.6 Å². The lowest BCUT2D eigenvalue weighted by atomic mass is 9.98. The summed E-state index contributed by atoms with van der Waals surface area (Å²) in [5.41, 5.74) is 0.137. The van der Waals surface area contributed by atoms with Crippen molar-refractivity contribution in [3.05, 3.63) is 47.7 Å². The number of amides is 2. The second kappa shape index (κ2) is 8.14. The average molecular weight is 360 g/mol. The maximum absolute atomic E-state index is 12.5. The summed E-state index contributed by atoms with van der Waals surface area (Å²) in [6.07, 6.45) is 1.29. The standard InChI is InChI=1S/C19H24N2O5/c1-19(2)10-14(23)9-16(26-19)17(24)20-15(12-22)18(25)21(3)11-13-7-5-4-6-8-13/h4-9,15,22H,10-12H2,1-3H3,(H,20,24). The highest BCUT2D eigenvalue weighted by Crippen LogP contribution is 2.24. The molecule has 7 nitrogen and oxygen atoms in total. The Morgan fingerprint density at radius 2 is 1.96 bits per heavy atom. The third kappa shape index (κ3) is 5.16. The number of nitrogens with one attached hydrogen (secondary N) is 1. The molecule has 0 saturated carbocycles. The SMILES string of the molecule is CN(Cc1ccccc1)C(=O)C(CO)NC(=O)C1=CC(=O)CC(C)(C)O1. The first-order valence-electron chi connectivity index (χ1n) is 8.36. The van der Waals surface area contributed by atoms with E-state index in [2.05, 4.69) is 5.32 Å². The zero-order valence-corrected chi connectivity index (χ0v) is 15.2. The highest BCUT2D eigenvalue weighted by atomic mass is 16.5. The van der Waals surface area contributed by atoms with Crippen molar-refractivity contribution in [2.75, 3.05) is 13.7 Å². The van der Waals surface area contributed by atoms with Gasteiger partial charge in [-0.3, -0.25) is 14.4 Å². The van der Waals surface area contributed by atoms with Gasteiger partial charge in [0, 0.05) is 26.1 Å². The summed E-state index contributed by atoms with van der Waals surface area (Å²) in [4.78, 5) is 38.0. The summed E-state index contributed by atoms with van der Waals surface area (Å²) in [6.45, 7) is 3.19. The van der Waals surface area contributed by atoms with Crippen LogP contribution in [0.25, 0.3) is 0 Å². The summed E-state index contributed by atoms with van der Waals surface area (Å²) < 4.78 is 5.51. The normalized spacial score (nSPS) is 16.9. The molecule has 2 rings (SSSR count). The second-order valence-electron chi connectivity index (χ2n) is 6.90. The van der Waals surface area contributed by atoms with Crippen LogP contribution in [0.3, 0.4) is 0 Å². The fourth-order valence-electron chi connectivity index (χ4n) is 2.71. The molecule has 2 N–H and O–H groups in total. The van der Waals surface area contributed by atoms with Crippen LogP contribution in [-0.2, 0) is 25.7 Å². The Morgan fingerprint density at radius 3 is 2.54 bits per heavy atom. The second-order valence-corrected chi connectivity index (χ2v) is 6.90. The van der Waals surface area contributed by atoms with E-state index in [1.807, 2.05) is 30.3 Å². The van der Waals surface area contributed by atoms with Gasteiger partial charge in [-0.25, -0.2) is 0 Å². The predicted octanol–water partition coefficient (Wildman–Crippen LogP) is 0.774. The van der Waals surface area contributed by atoms with Crippen molar-refractivity contribution in [1.29, 1.82) is 0 Å². The van der Waals surface area contributed by atoms with E-state index in [-0.39, 0.29) is 18.0 Å². The van der Waals surface area contributed by atoms with Crippen LogP contribution >= 0.6 is 0 Å². The molecule has 0 aliphatic carbocycles. The fraction of sp³-hybridized carbons (Fsp3) is 0.421. The number of benzene rings is 1. The molecule has 1 aromatic rings. The van der Waals surface area contributed by atoms with Gasteiger partial charge in [-0.2, -0.15) is 0 Å². The van der Waals surface area contributed by atoms with Gasteiger partial charge in [0.15, 0.2) is 11.5 Å². The molecule has 1 aromatic carbocycles. The molecular weight excluding hydrogens is 336 g/mol. The van der Waals surface area contributed by atoms with Crippen LogP contribution in [-0.4, -0.2) is 52.9 Å². The number of nitrogens with zero attached hydrogens (tertiary/aromatic N) is 1. The molecule has 1 unspecified atom stereocenters. The molecule has 1 heterocycles. The van der Waals surface area contributed by atoms with Crippen LogP contribution in [0.1, 0.15) is 25.8 Å². The number of ether oxygens (including phenoxy) is 1.